The van der Waals surface area contributed by atoms with Gasteiger partial charge in [-0.25, -0.2) is 0 Å². The molecule has 0 unspecified atom stereocenters. The molecule has 0 atom stereocenters. The van der Waals surface area contributed by atoms with Crippen molar-refractivity contribution < 1.29 is 4.74 Å². The lowest BCUT2D eigenvalue weighted by molar-refractivity contribution is 0.300. The maximum absolute atomic E-state index is 5.74. The summed E-state index contributed by atoms with van der Waals surface area (Å²) in [5, 5.41) is 3.37. The standard InChI is InChI=1S/C14H20N2O/c1-2-12(1)11-17-14-5-3-13(4-6-14)16-9-7-15-8-10-16/h3-6,12,15H,1-2,7-11H2. The van der Waals surface area contributed by atoms with Gasteiger partial charge in [0, 0.05) is 31.9 Å². The lowest BCUT2D eigenvalue weighted by atomic mass is 10.2. The van der Waals surface area contributed by atoms with Crippen LogP contribution in [0.15, 0.2) is 24.3 Å². The minimum Gasteiger partial charge on any atom is -0.493 e. The molecule has 3 rings (SSSR count). The zero-order valence-electron chi connectivity index (χ0n) is 10.2. The molecule has 0 amide bonds. The molecule has 1 heterocycles. The van der Waals surface area contributed by atoms with Crippen LogP contribution in [-0.4, -0.2) is 32.8 Å². The fourth-order valence-electron chi connectivity index (χ4n) is 2.17. The number of nitrogens with zero attached hydrogens (tertiary/aromatic N) is 1. The van der Waals surface area contributed by atoms with Crippen molar-refractivity contribution in [1.82, 2.24) is 5.32 Å². The fraction of sp³-hybridized carbons (Fsp3) is 0.571. The molecule has 3 nitrogen and oxygen atoms in total. The number of hydrogen-bond donors (Lipinski definition) is 1. The second kappa shape index (κ2) is 4.96. The van der Waals surface area contributed by atoms with E-state index < -0.39 is 0 Å². The van der Waals surface area contributed by atoms with E-state index in [1.165, 1.54) is 18.5 Å². The number of anilines is 1. The summed E-state index contributed by atoms with van der Waals surface area (Å²) >= 11 is 0. The molecule has 1 saturated heterocycles. The normalized spacial score (nSPS) is 20.4. The summed E-state index contributed by atoms with van der Waals surface area (Å²) < 4.78 is 5.74. The topological polar surface area (TPSA) is 24.5 Å². The Kier molecular flexibility index (Phi) is 3.18. The third-order valence-electron chi connectivity index (χ3n) is 3.50. The summed E-state index contributed by atoms with van der Waals surface area (Å²) in [6.45, 7) is 5.26. The number of hydrogen-bond acceptors (Lipinski definition) is 3. The highest BCUT2D eigenvalue weighted by Gasteiger charge is 2.21. The summed E-state index contributed by atoms with van der Waals surface area (Å²) in [4.78, 5) is 2.42. The van der Waals surface area contributed by atoms with E-state index in [4.69, 9.17) is 4.74 Å². The molecule has 17 heavy (non-hydrogen) atoms. The van der Waals surface area contributed by atoms with Crippen LogP contribution < -0.4 is 15.0 Å². The Hall–Kier alpha value is -1.22. The maximum Gasteiger partial charge on any atom is 0.119 e. The van der Waals surface area contributed by atoms with Crippen molar-refractivity contribution >= 4 is 5.69 Å². The number of piperazine rings is 1. The SMILES string of the molecule is c1cc(N2CCNCC2)ccc1OCC1CC1. The van der Waals surface area contributed by atoms with Crippen molar-refractivity contribution in [2.45, 2.75) is 12.8 Å². The first-order valence-electron chi connectivity index (χ1n) is 6.60. The first-order chi connectivity index (χ1) is 8.42. The van der Waals surface area contributed by atoms with Gasteiger partial charge in [-0.3, -0.25) is 0 Å². The Bertz CT molecular complexity index is 353. The summed E-state index contributed by atoms with van der Waals surface area (Å²) in [5.74, 6) is 1.83. The second-order valence-corrected chi connectivity index (χ2v) is 4.99. The molecule has 0 radical (unpaired) electrons. The van der Waals surface area contributed by atoms with Crippen LogP contribution in [0.2, 0.25) is 0 Å². The minimum absolute atomic E-state index is 0.822. The highest BCUT2D eigenvalue weighted by Crippen LogP contribution is 2.30. The first kappa shape index (κ1) is 10.9. The van der Waals surface area contributed by atoms with Gasteiger partial charge in [-0.1, -0.05) is 0 Å². The lowest BCUT2D eigenvalue weighted by Gasteiger charge is -2.29. The van der Waals surface area contributed by atoms with Crippen LogP contribution in [0.25, 0.3) is 0 Å². The van der Waals surface area contributed by atoms with E-state index in [0.717, 1.165) is 44.5 Å². The van der Waals surface area contributed by atoms with Crippen molar-refractivity contribution in [2.24, 2.45) is 5.92 Å². The average molecular weight is 232 g/mol. The molecule has 0 aromatic heterocycles. The quantitative estimate of drug-likeness (QED) is 0.858. The van der Waals surface area contributed by atoms with Gasteiger partial charge >= 0.3 is 0 Å². The van der Waals surface area contributed by atoms with Gasteiger partial charge in [-0.15, -0.1) is 0 Å². The van der Waals surface area contributed by atoms with E-state index in [0.29, 0.717) is 0 Å². The lowest BCUT2D eigenvalue weighted by Crippen LogP contribution is -2.43. The van der Waals surface area contributed by atoms with Crippen LogP contribution in [0.4, 0.5) is 5.69 Å². The zero-order valence-corrected chi connectivity index (χ0v) is 10.2. The van der Waals surface area contributed by atoms with Crippen LogP contribution in [-0.2, 0) is 0 Å². The smallest absolute Gasteiger partial charge is 0.119 e. The monoisotopic (exact) mass is 232 g/mol. The number of ether oxygens (including phenoxy) is 1. The molecule has 0 bridgehead atoms. The van der Waals surface area contributed by atoms with Gasteiger partial charge in [0.25, 0.3) is 0 Å². The summed E-state index contributed by atoms with van der Waals surface area (Å²) in [7, 11) is 0. The number of nitrogens with one attached hydrogen (secondary N) is 1. The molecule has 1 N–H and O–H groups in total. The molecule has 1 aliphatic carbocycles. The van der Waals surface area contributed by atoms with Crippen LogP contribution in [0.3, 0.4) is 0 Å². The van der Waals surface area contributed by atoms with Crippen molar-refractivity contribution in [3.8, 4) is 5.75 Å². The average Bonchev–Trinajstić information content (AvgIpc) is 3.22. The minimum atomic E-state index is 0.822. The molecular weight excluding hydrogens is 212 g/mol. The summed E-state index contributed by atoms with van der Waals surface area (Å²) in [6.07, 6.45) is 2.69. The Morgan fingerprint density at radius 2 is 1.82 bits per heavy atom. The fourth-order valence-corrected chi connectivity index (χ4v) is 2.17. The van der Waals surface area contributed by atoms with E-state index in [1.807, 2.05) is 0 Å². The van der Waals surface area contributed by atoms with Crippen molar-refractivity contribution in [1.29, 1.82) is 0 Å². The van der Waals surface area contributed by atoms with E-state index in [2.05, 4.69) is 34.5 Å². The predicted molar refractivity (Wildman–Crippen MR) is 69.7 cm³/mol. The molecule has 1 aliphatic heterocycles. The van der Waals surface area contributed by atoms with Crippen LogP contribution in [0, 0.1) is 5.92 Å². The van der Waals surface area contributed by atoms with Gasteiger partial charge in [0.1, 0.15) is 5.75 Å². The largest absolute Gasteiger partial charge is 0.493 e. The zero-order chi connectivity index (χ0) is 11.5. The maximum atomic E-state index is 5.74. The van der Waals surface area contributed by atoms with Gasteiger partial charge in [0.15, 0.2) is 0 Å². The van der Waals surface area contributed by atoms with Gasteiger partial charge < -0.3 is 15.0 Å². The number of rotatable bonds is 4. The Morgan fingerprint density at radius 3 is 2.47 bits per heavy atom. The van der Waals surface area contributed by atoms with Gasteiger partial charge in [-0.2, -0.15) is 0 Å². The van der Waals surface area contributed by atoms with Crippen LogP contribution in [0.5, 0.6) is 5.75 Å². The molecule has 2 aliphatic rings. The Balaban J connectivity index is 1.58. The van der Waals surface area contributed by atoms with Crippen molar-refractivity contribution in [3.63, 3.8) is 0 Å². The predicted octanol–water partition coefficient (Wildman–Crippen LogP) is 1.88. The summed E-state index contributed by atoms with van der Waals surface area (Å²) in [6, 6.07) is 8.54. The third kappa shape index (κ3) is 2.91. The highest BCUT2D eigenvalue weighted by molar-refractivity contribution is 5.49. The molecule has 92 valence electrons. The molecule has 2 fully saturated rings. The van der Waals surface area contributed by atoms with Crippen LogP contribution in [0.1, 0.15) is 12.8 Å². The van der Waals surface area contributed by atoms with Crippen molar-refractivity contribution in [3.05, 3.63) is 24.3 Å². The molecular formula is C14H20N2O. The Morgan fingerprint density at radius 1 is 1.12 bits per heavy atom. The molecule has 1 aromatic rings. The van der Waals surface area contributed by atoms with Gasteiger partial charge in [0.2, 0.25) is 0 Å². The first-order valence-corrected chi connectivity index (χ1v) is 6.60. The van der Waals surface area contributed by atoms with Crippen molar-refractivity contribution in [2.75, 3.05) is 37.7 Å². The Labute approximate surface area is 103 Å². The second-order valence-electron chi connectivity index (χ2n) is 4.99. The molecule has 3 heteroatoms. The number of benzene rings is 1. The molecule has 0 spiro atoms. The van der Waals surface area contributed by atoms with E-state index in [1.54, 1.807) is 0 Å². The van der Waals surface area contributed by atoms with E-state index in [-0.39, 0.29) is 0 Å². The summed E-state index contributed by atoms with van der Waals surface area (Å²) in [5.41, 5.74) is 1.31. The highest BCUT2D eigenvalue weighted by atomic mass is 16.5. The van der Waals surface area contributed by atoms with E-state index >= 15 is 0 Å². The van der Waals surface area contributed by atoms with Crippen LogP contribution >= 0.6 is 0 Å². The molecule has 1 saturated carbocycles. The van der Waals surface area contributed by atoms with Gasteiger partial charge in [0.05, 0.1) is 6.61 Å². The molecule has 1 aromatic carbocycles. The van der Waals surface area contributed by atoms with E-state index in [9.17, 15) is 0 Å². The third-order valence-corrected chi connectivity index (χ3v) is 3.50. The van der Waals surface area contributed by atoms with Gasteiger partial charge in [-0.05, 0) is 43.0 Å².